The van der Waals surface area contributed by atoms with Gasteiger partial charge in [-0.2, -0.15) is 0 Å². The number of rotatable bonds is 5. The van der Waals surface area contributed by atoms with Crippen LogP contribution in [-0.2, 0) is 4.79 Å². The molecule has 0 aromatic heterocycles. The SMILES string of the molecule is COc1cc(OCC(C)(C)C(=O)O)ccc1Br. The zero-order valence-corrected chi connectivity index (χ0v) is 11.6. The molecule has 1 aromatic carbocycles. The maximum Gasteiger partial charge on any atom is 0.312 e. The first-order valence-electron chi connectivity index (χ1n) is 5.06. The van der Waals surface area contributed by atoms with Gasteiger partial charge in [-0.25, -0.2) is 0 Å². The quantitative estimate of drug-likeness (QED) is 0.908. The van der Waals surface area contributed by atoms with E-state index in [0.29, 0.717) is 11.5 Å². The van der Waals surface area contributed by atoms with Gasteiger partial charge in [0.15, 0.2) is 0 Å². The standard InChI is InChI=1S/C12H15BrO4/c1-12(2,11(14)15)7-17-8-4-5-9(13)10(6-8)16-3/h4-6H,7H2,1-3H3,(H,14,15). The third-order valence-corrected chi connectivity index (χ3v) is 2.96. The van der Waals surface area contributed by atoms with Crippen LogP contribution in [0.4, 0.5) is 0 Å². The first kappa shape index (κ1) is 13.8. The summed E-state index contributed by atoms with van der Waals surface area (Å²) in [6.07, 6.45) is 0. The fourth-order valence-electron chi connectivity index (χ4n) is 1.06. The second-order valence-corrected chi connectivity index (χ2v) is 5.13. The third kappa shape index (κ3) is 3.63. The minimum Gasteiger partial charge on any atom is -0.495 e. The van der Waals surface area contributed by atoms with Crippen molar-refractivity contribution in [2.24, 2.45) is 5.41 Å². The predicted octanol–water partition coefficient (Wildman–Crippen LogP) is 2.95. The molecule has 0 saturated heterocycles. The lowest BCUT2D eigenvalue weighted by Crippen LogP contribution is -2.30. The average molecular weight is 303 g/mol. The molecular weight excluding hydrogens is 288 g/mol. The van der Waals surface area contributed by atoms with Crippen LogP contribution < -0.4 is 9.47 Å². The van der Waals surface area contributed by atoms with Crippen LogP contribution in [0.2, 0.25) is 0 Å². The van der Waals surface area contributed by atoms with Gasteiger partial charge in [0, 0.05) is 6.07 Å². The summed E-state index contributed by atoms with van der Waals surface area (Å²) >= 11 is 3.33. The summed E-state index contributed by atoms with van der Waals surface area (Å²) in [6, 6.07) is 5.26. The van der Waals surface area contributed by atoms with E-state index in [-0.39, 0.29) is 6.61 Å². The van der Waals surface area contributed by atoms with Crippen LogP contribution >= 0.6 is 15.9 Å². The second-order valence-electron chi connectivity index (χ2n) is 4.27. The number of hydrogen-bond acceptors (Lipinski definition) is 3. The minimum absolute atomic E-state index is 0.104. The highest BCUT2D eigenvalue weighted by atomic mass is 79.9. The lowest BCUT2D eigenvalue weighted by atomic mass is 9.95. The Hall–Kier alpha value is -1.23. The number of ether oxygens (including phenoxy) is 2. The summed E-state index contributed by atoms with van der Waals surface area (Å²) in [5.41, 5.74) is -0.916. The Morgan fingerprint density at radius 2 is 2.12 bits per heavy atom. The number of carbonyl (C=O) groups is 1. The van der Waals surface area contributed by atoms with Crippen molar-refractivity contribution < 1.29 is 19.4 Å². The molecule has 0 spiro atoms. The van der Waals surface area contributed by atoms with Crippen LogP contribution in [0, 0.1) is 5.41 Å². The molecular formula is C12H15BrO4. The summed E-state index contributed by atoms with van der Waals surface area (Å²) in [5.74, 6) is 0.344. The molecule has 1 N–H and O–H groups in total. The molecule has 1 aromatic rings. The molecule has 0 bridgehead atoms. The highest BCUT2D eigenvalue weighted by Gasteiger charge is 2.28. The van der Waals surface area contributed by atoms with Gasteiger partial charge in [0.2, 0.25) is 0 Å². The smallest absolute Gasteiger partial charge is 0.312 e. The molecule has 0 atom stereocenters. The van der Waals surface area contributed by atoms with Crippen LogP contribution in [0.15, 0.2) is 22.7 Å². The molecule has 17 heavy (non-hydrogen) atoms. The molecule has 0 amide bonds. The van der Waals surface area contributed by atoms with Gasteiger partial charge in [-0.1, -0.05) is 0 Å². The summed E-state index contributed by atoms with van der Waals surface area (Å²) in [6.45, 7) is 3.34. The van der Waals surface area contributed by atoms with Gasteiger partial charge in [-0.3, -0.25) is 4.79 Å². The number of carboxylic acids is 1. The highest BCUT2D eigenvalue weighted by Crippen LogP contribution is 2.29. The van der Waals surface area contributed by atoms with Gasteiger partial charge in [-0.05, 0) is 41.9 Å². The van der Waals surface area contributed by atoms with Gasteiger partial charge in [-0.15, -0.1) is 0 Å². The van der Waals surface area contributed by atoms with Gasteiger partial charge in [0.05, 0.1) is 17.0 Å². The molecule has 0 aliphatic rings. The fraction of sp³-hybridized carbons (Fsp3) is 0.417. The second kappa shape index (κ2) is 5.40. The van der Waals surface area contributed by atoms with E-state index in [0.717, 1.165) is 4.47 Å². The van der Waals surface area contributed by atoms with Crippen LogP contribution in [-0.4, -0.2) is 24.8 Å². The van der Waals surface area contributed by atoms with Crippen molar-refractivity contribution >= 4 is 21.9 Å². The molecule has 0 aliphatic heterocycles. The van der Waals surface area contributed by atoms with Gasteiger partial charge >= 0.3 is 5.97 Å². The zero-order chi connectivity index (χ0) is 13.1. The number of aliphatic carboxylic acids is 1. The minimum atomic E-state index is -0.916. The number of methoxy groups -OCH3 is 1. The van der Waals surface area contributed by atoms with Crippen molar-refractivity contribution in [1.82, 2.24) is 0 Å². The Morgan fingerprint density at radius 1 is 1.47 bits per heavy atom. The van der Waals surface area contributed by atoms with Crippen molar-refractivity contribution in [3.8, 4) is 11.5 Å². The molecule has 0 radical (unpaired) electrons. The largest absolute Gasteiger partial charge is 0.495 e. The number of hydrogen-bond donors (Lipinski definition) is 1. The Morgan fingerprint density at radius 3 is 2.65 bits per heavy atom. The maximum absolute atomic E-state index is 10.9. The fourth-order valence-corrected chi connectivity index (χ4v) is 1.46. The van der Waals surface area contributed by atoms with E-state index >= 15 is 0 Å². The number of benzene rings is 1. The average Bonchev–Trinajstić information content (AvgIpc) is 2.28. The van der Waals surface area contributed by atoms with Crippen molar-refractivity contribution in [3.63, 3.8) is 0 Å². The van der Waals surface area contributed by atoms with E-state index in [9.17, 15) is 4.79 Å². The van der Waals surface area contributed by atoms with E-state index in [1.165, 1.54) is 0 Å². The van der Waals surface area contributed by atoms with Crippen molar-refractivity contribution in [2.45, 2.75) is 13.8 Å². The molecule has 0 aliphatic carbocycles. The highest BCUT2D eigenvalue weighted by molar-refractivity contribution is 9.10. The Labute approximate surface area is 109 Å². The molecule has 0 unspecified atom stereocenters. The van der Waals surface area contributed by atoms with E-state index in [1.54, 1.807) is 39.2 Å². The third-order valence-electron chi connectivity index (χ3n) is 2.30. The lowest BCUT2D eigenvalue weighted by molar-refractivity contribution is -0.148. The van der Waals surface area contributed by atoms with Crippen LogP contribution in [0.5, 0.6) is 11.5 Å². The normalized spacial score (nSPS) is 11.1. The van der Waals surface area contributed by atoms with Crippen LogP contribution in [0.1, 0.15) is 13.8 Å². The Balaban J connectivity index is 2.73. The van der Waals surface area contributed by atoms with Gasteiger partial charge < -0.3 is 14.6 Å². The molecule has 0 fully saturated rings. The molecule has 94 valence electrons. The summed E-state index contributed by atoms with van der Waals surface area (Å²) in [5, 5.41) is 8.95. The van der Waals surface area contributed by atoms with Crippen molar-refractivity contribution in [3.05, 3.63) is 22.7 Å². The topological polar surface area (TPSA) is 55.8 Å². The van der Waals surface area contributed by atoms with Gasteiger partial charge in [0.25, 0.3) is 0 Å². The first-order chi connectivity index (χ1) is 7.86. The van der Waals surface area contributed by atoms with E-state index < -0.39 is 11.4 Å². The van der Waals surface area contributed by atoms with E-state index in [1.807, 2.05) is 0 Å². The molecule has 0 heterocycles. The Kier molecular flexibility index (Phi) is 4.40. The first-order valence-corrected chi connectivity index (χ1v) is 5.86. The van der Waals surface area contributed by atoms with Crippen molar-refractivity contribution in [2.75, 3.05) is 13.7 Å². The monoisotopic (exact) mass is 302 g/mol. The number of halogens is 1. The number of carboxylic acid groups (broad SMARTS) is 1. The van der Waals surface area contributed by atoms with Crippen LogP contribution in [0.25, 0.3) is 0 Å². The van der Waals surface area contributed by atoms with E-state index in [4.69, 9.17) is 14.6 Å². The van der Waals surface area contributed by atoms with Crippen LogP contribution in [0.3, 0.4) is 0 Å². The summed E-state index contributed by atoms with van der Waals surface area (Å²) in [4.78, 5) is 10.9. The lowest BCUT2D eigenvalue weighted by Gasteiger charge is -2.19. The van der Waals surface area contributed by atoms with Gasteiger partial charge in [0.1, 0.15) is 18.1 Å². The maximum atomic E-state index is 10.9. The van der Waals surface area contributed by atoms with E-state index in [2.05, 4.69) is 15.9 Å². The summed E-state index contributed by atoms with van der Waals surface area (Å²) in [7, 11) is 1.56. The Bertz CT molecular complexity index is 415. The van der Waals surface area contributed by atoms with Crippen molar-refractivity contribution in [1.29, 1.82) is 0 Å². The molecule has 5 heteroatoms. The molecule has 1 rings (SSSR count). The molecule has 4 nitrogen and oxygen atoms in total. The summed E-state index contributed by atoms with van der Waals surface area (Å²) < 4.78 is 11.4. The molecule has 0 saturated carbocycles. The predicted molar refractivity (Wildman–Crippen MR) is 67.6 cm³/mol. The zero-order valence-electron chi connectivity index (χ0n) is 9.99.